The predicted molar refractivity (Wildman–Crippen MR) is 52.9 cm³/mol. The predicted octanol–water partition coefficient (Wildman–Crippen LogP) is 0.689. The maximum Gasteiger partial charge on any atom is 0.337 e. The van der Waals surface area contributed by atoms with Gasteiger partial charge in [0.25, 0.3) is 0 Å². The normalized spacial score (nSPS) is 13.8. The van der Waals surface area contributed by atoms with Crippen molar-refractivity contribution in [1.29, 1.82) is 0 Å². The number of hydrogen-bond donors (Lipinski definition) is 1. The lowest BCUT2D eigenvalue weighted by Gasteiger charge is -2.12. The van der Waals surface area contributed by atoms with Gasteiger partial charge in [0.15, 0.2) is 0 Å². The van der Waals surface area contributed by atoms with Gasteiger partial charge < -0.3 is 5.11 Å². The molecular weight excluding hydrogens is 196 g/mol. The molecule has 0 saturated carbocycles. The van der Waals surface area contributed by atoms with Crippen LogP contribution in [-0.2, 0) is 11.2 Å². The van der Waals surface area contributed by atoms with Crippen LogP contribution < -0.4 is 4.90 Å². The molecule has 0 radical (unpaired) electrons. The van der Waals surface area contributed by atoms with Gasteiger partial charge in [0.05, 0.1) is 5.56 Å². The zero-order chi connectivity index (χ0) is 11.0. The van der Waals surface area contributed by atoms with Gasteiger partial charge in [0.2, 0.25) is 5.91 Å². The number of carbonyl (C=O) groups is 2. The number of fused-ring (bicyclic) bond motifs is 1. The summed E-state index contributed by atoms with van der Waals surface area (Å²) in [5.74, 6) is -0.469. The fourth-order valence-corrected chi connectivity index (χ4v) is 1.69. The minimum atomic E-state index is -0.994. The molecule has 0 atom stereocenters. The second-order valence-electron chi connectivity index (χ2n) is 3.43. The Morgan fingerprint density at radius 1 is 1.53 bits per heavy atom. The largest absolute Gasteiger partial charge is 0.478 e. The van der Waals surface area contributed by atoms with Crippen LogP contribution in [0.2, 0.25) is 0 Å². The summed E-state index contributed by atoms with van der Waals surface area (Å²) < 4.78 is 0. The van der Waals surface area contributed by atoms with Crippen molar-refractivity contribution in [1.82, 2.24) is 4.98 Å². The van der Waals surface area contributed by atoms with E-state index in [4.69, 9.17) is 5.11 Å². The molecule has 1 aromatic rings. The van der Waals surface area contributed by atoms with E-state index >= 15 is 0 Å². The number of nitrogens with zero attached hydrogens (tertiary/aromatic N) is 2. The van der Waals surface area contributed by atoms with Crippen LogP contribution in [0, 0.1) is 0 Å². The average Bonchev–Trinajstić information content (AvgIpc) is 2.59. The minimum absolute atomic E-state index is 0.0654. The first-order valence-electron chi connectivity index (χ1n) is 4.60. The summed E-state index contributed by atoms with van der Waals surface area (Å²) in [4.78, 5) is 27.5. The molecular formula is C10H10N2O3. The Morgan fingerprint density at radius 2 is 2.27 bits per heavy atom. The van der Waals surface area contributed by atoms with E-state index in [1.165, 1.54) is 13.1 Å². The van der Waals surface area contributed by atoms with E-state index < -0.39 is 5.97 Å². The van der Waals surface area contributed by atoms with Gasteiger partial charge in [-0.1, -0.05) is 0 Å². The van der Waals surface area contributed by atoms with Crippen molar-refractivity contribution in [3.8, 4) is 0 Å². The van der Waals surface area contributed by atoms with Crippen LogP contribution in [0.3, 0.4) is 0 Å². The summed E-state index contributed by atoms with van der Waals surface area (Å²) in [5.41, 5.74) is 0.990. The summed E-state index contributed by atoms with van der Waals surface area (Å²) >= 11 is 0. The van der Waals surface area contributed by atoms with Crippen molar-refractivity contribution in [2.45, 2.75) is 13.3 Å². The lowest BCUT2D eigenvalue weighted by molar-refractivity contribution is -0.116. The molecule has 0 aliphatic carbocycles. The molecule has 0 unspecified atom stereocenters. The van der Waals surface area contributed by atoms with Crippen molar-refractivity contribution < 1.29 is 14.7 Å². The molecule has 1 aliphatic rings. The first-order valence-corrected chi connectivity index (χ1v) is 4.60. The third kappa shape index (κ3) is 1.56. The summed E-state index contributed by atoms with van der Waals surface area (Å²) in [7, 11) is 0. The SMILES string of the molecule is CC(=O)N1CCc2cc(C(=O)O)cnc21. The van der Waals surface area contributed by atoms with Crippen LogP contribution >= 0.6 is 0 Å². The van der Waals surface area contributed by atoms with E-state index in [0.29, 0.717) is 18.8 Å². The van der Waals surface area contributed by atoms with Gasteiger partial charge in [-0.15, -0.1) is 0 Å². The number of carbonyl (C=O) groups excluding carboxylic acids is 1. The van der Waals surface area contributed by atoms with Crippen molar-refractivity contribution in [3.05, 3.63) is 23.4 Å². The highest BCUT2D eigenvalue weighted by Gasteiger charge is 2.24. The van der Waals surface area contributed by atoms with Gasteiger partial charge in [0.1, 0.15) is 5.82 Å². The molecule has 78 valence electrons. The Balaban J connectivity index is 2.42. The maximum absolute atomic E-state index is 11.2. The topological polar surface area (TPSA) is 70.5 Å². The zero-order valence-electron chi connectivity index (χ0n) is 8.23. The molecule has 2 heterocycles. The Morgan fingerprint density at radius 3 is 2.87 bits per heavy atom. The zero-order valence-corrected chi connectivity index (χ0v) is 8.23. The monoisotopic (exact) mass is 206 g/mol. The fourth-order valence-electron chi connectivity index (χ4n) is 1.69. The molecule has 0 spiro atoms. The highest BCUT2D eigenvalue weighted by molar-refractivity contribution is 5.94. The Bertz CT molecular complexity index is 442. The van der Waals surface area contributed by atoms with Gasteiger partial charge in [-0.2, -0.15) is 0 Å². The standard InChI is InChI=1S/C10H10N2O3/c1-6(13)12-3-2-7-4-8(10(14)15)5-11-9(7)12/h4-5H,2-3H2,1H3,(H,14,15). The highest BCUT2D eigenvalue weighted by atomic mass is 16.4. The Kier molecular flexibility index (Phi) is 2.15. The second-order valence-corrected chi connectivity index (χ2v) is 3.43. The van der Waals surface area contributed by atoms with Crippen molar-refractivity contribution in [3.63, 3.8) is 0 Å². The van der Waals surface area contributed by atoms with E-state index in [1.54, 1.807) is 11.0 Å². The molecule has 0 fully saturated rings. The first kappa shape index (κ1) is 9.64. The number of carboxylic acids is 1. The minimum Gasteiger partial charge on any atom is -0.478 e. The molecule has 1 amide bonds. The third-order valence-corrected chi connectivity index (χ3v) is 2.43. The number of anilines is 1. The number of carboxylic acid groups (broad SMARTS) is 1. The van der Waals surface area contributed by atoms with Crippen LogP contribution in [0.4, 0.5) is 5.82 Å². The van der Waals surface area contributed by atoms with Crippen molar-refractivity contribution in [2.24, 2.45) is 0 Å². The number of amides is 1. The number of aromatic nitrogens is 1. The maximum atomic E-state index is 11.2. The quantitative estimate of drug-likeness (QED) is 0.733. The molecule has 0 bridgehead atoms. The van der Waals surface area contributed by atoms with Crippen molar-refractivity contribution in [2.75, 3.05) is 11.4 Å². The molecule has 1 N–H and O–H groups in total. The molecule has 1 aromatic heterocycles. The van der Waals surface area contributed by atoms with Crippen LogP contribution in [0.1, 0.15) is 22.8 Å². The smallest absolute Gasteiger partial charge is 0.337 e. The highest BCUT2D eigenvalue weighted by Crippen LogP contribution is 2.25. The van der Waals surface area contributed by atoms with Crippen LogP contribution in [-0.4, -0.2) is 28.5 Å². The van der Waals surface area contributed by atoms with Crippen LogP contribution in [0.5, 0.6) is 0 Å². The summed E-state index contributed by atoms with van der Waals surface area (Å²) in [6, 6.07) is 1.58. The molecule has 0 aromatic carbocycles. The molecule has 1 aliphatic heterocycles. The van der Waals surface area contributed by atoms with E-state index in [0.717, 1.165) is 5.56 Å². The number of pyridine rings is 1. The van der Waals surface area contributed by atoms with Gasteiger partial charge in [-0.3, -0.25) is 9.69 Å². The van der Waals surface area contributed by atoms with E-state index in [1.807, 2.05) is 0 Å². The molecule has 0 saturated heterocycles. The van der Waals surface area contributed by atoms with Gasteiger partial charge in [0, 0.05) is 19.7 Å². The first-order chi connectivity index (χ1) is 7.09. The summed E-state index contributed by atoms with van der Waals surface area (Å²) in [6.07, 6.45) is 1.95. The number of rotatable bonds is 1. The summed E-state index contributed by atoms with van der Waals surface area (Å²) in [6.45, 7) is 2.06. The van der Waals surface area contributed by atoms with Gasteiger partial charge in [-0.25, -0.2) is 9.78 Å². The summed E-state index contributed by atoms with van der Waals surface area (Å²) in [5, 5.41) is 8.77. The third-order valence-electron chi connectivity index (χ3n) is 2.43. The average molecular weight is 206 g/mol. The van der Waals surface area contributed by atoms with Gasteiger partial charge >= 0.3 is 5.97 Å². The number of hydrogen-bond acceptors (Lipinski definition) is 3. The molecule has 15 heavy (non-hydrogen) atoms. The van der Waals surface area contributed by atoms with Crippen LogP contribution in [0.15, 0.2) is 12.3 Å². The van der Waals surface area contributed by atoms with E-state index in [9.17, 15) is 9.59 Å². The van der Waals surface area contributed by atoms with E-state index in [-0.39, 0.29) is 11.5 Å². The molecule has 5 nitrogen and oxygen atoms in total. The molecule has 5 heteroatoms. The lowest BCUT2D eigenvalue weighted by Crippen LogP contribution is -2.26. The molecule has 2 rings (SSSR count). The van der Waals surface area contributed by atoms with E-state index in [2.05, 4.69) is 4.98 Å². The Hall–Kier alpha value is -1.91. The number of aromatic carboxylic acids is 1. The fraction of sp³-hybridized carbons (Fsp3) is 0.300. The second kappa shape index (κ2) is 3.34. The van der Waals surface area contributed by atoms with Crippen molar-refractivity contribution >= 4 is 17.7 Å². The Labute approximate surface area is 86.3 Å². The van der Waals surface area contributed by atoms with Crippen LogP contribution in [0.25, 0.3) is 0 Å². The lowest BCUT2D eigenvalue weighted by atomic mass is 10.2. The van der Waals surface area contributed by atoms with Gasteiger partial charge in [-0.05, 0) is 18.1 Å².